The maximum absolute atomic E-state index is 14.3. The van der Waals surface area contributed by atoms with Gasteiger partial charge in [-0.1, -0.05) is 77.5 Å². The predicted molar refractivity (Wildman–Crippen MR) is 154 cm³/mol. The fourth-order valence-electron chi connectivity index (χ4n) is 4.52. The van der Waals surface area contributed by atoms with Crippen molar-refractivity contribution in [1.82, 2.24) is 16.0 Å². The second-order valence-corrected chi connectivity index (χ2v) is 11.8. The molecule has 0 aliphatic heterocycles. The van der Waals surface area contributed by atoms with Crippen molar-refractivity contribution >= 4 is 56.7 Å². The average molecular weight is 681 g/mol. The van der Waals surface area contributed by atoms with E-state index in [1.165, 1.54) is 30.3 Å². The minimum atomic E-state index is -4.80. The zero-order valence-corrected chi connectivity index (χ0v) is 25.3. The summed E-state index contributed by atoms with van der Waals surface area (Å²) >= 11 is 15.2. The van der Waals surface area contributed by atoms with Crippen molar-refractivity contribution in [2.75, 3.05) is 6.54 Å². The summed E-state index contributed by atoms with van der Waals surface area (Å²) in [6.07, 6.45) is -1.74. The van der Waals surface area contributed by atoms with E-state index in [2.05, 4.69) is 31.9 Å². The summed E-state index contributed by atoms with van der Waals surface area (Å²) in [7, 11) is 0. The molecule has 0 bridgehead atoms. The SMILES string of the molecule is CCCNC(=O)C(=O)[C@H](CC1CCC1)NC(=O)[C@H](Cc1cc(Cl)c(O)c(Cl)c1)N[C@@H](c1cccc(Br)c1)C(F)(F)F. The zero-order chi connectivity index (χ0) is 30.3. The highest BCUT2D eigenvalue weighted by Gasteiger charge is 2.43. The highest BCUT2D eigenvalue weighted by molar-refractivity contribution is 9.10. The van der Waals surface area contributed by atoms with Gasteiger partial charge in [0.05, 0.1) is 22.1 Å². The largest absolute Gasteiger partial charge is 0.505 e. The molecule has 1 fully saturated rings. The molecule has 1 aliphatic carbocycles. The molecule has 0 heterocycles. The van der Waals surface area contributed by atoms with Gasteiger partial charge >= 0.3 is 6.18 Å². The van der Waals surface area contributed by atoms with Gasteiger partial charge in [0.25, 0.3) is 5.91 Å². The molecule has 2 aromatic carbocycles. The van der Waals surface area contributed by atoms with Gasteiger partial charge in [0, 0.05) is 11.0 Å². The van der Waals surface area contributed by atoms with E-state index in [1.54, 1.807) is 6.07 Å². The molecule has 2 aromatic rings. The molecule has 1 saturated carbocycles. The molecule has 0 unspecified atom stereocenters. The van der Waals surface area contributed by atoms with E-state index >= 15 is 0 Å². The number of nitrogens with one attached hydrogen (secondary N) is 3. The van der Waals surface area contributed by atoms with Crippen molar-refractivity contribution in [3.8, 4) is 5.75 Å². The third kappa shape index (κ3) is 9.33. The van der Waals surface area contributed by atoms with Crippen molar-refractivity contribution in [3.63, 3.8) is 0 Å². The Morgan fingerprint density at radius 3 is 2.29 bits per heavy atom. The van der Waals surface area contributed by atoms with Crippen molar-refractivity contribution < 1.29 is 32.7 Å². The van der Waals surface area contributed by atoms with Gasteiger partial charge in [-0.3, -0.25) is 19.7 Å². The Labute approximate surface area is 254 Å². The summed E-state index contributed by atoms with van der Waals surface area (Å²) in [6, 6.07) is 3.16. The van der Waals surface area contributed by atoms with Crippen LogP contribution in [0.15, 0.2) is 40.9 Å². The minimum absolute atomic E-state index is 0.105. The summed E-state index contributed by atoms with van der Waals surface area (Å²) in [5.41, 5.74) is 0.121. The molecule has 0 saturated heterocycles. The number of phenolic OH excluding ortho intramolecular Hbond substituents is 1. The number of alkyl halides is 3. The fourth-order valence-corrected chi connectivity index (χ4v) is 5.46. The van der Waals surface area contributed by atoms with E-state index in [1.807, 2.05) is 6.92 Å². The molecule has 7 nitrogen and oxygen atoms in total. The molecule has 224 valence electrons. The van der Waals surface area contributed by atoms with E-state index in [-0.39, 0.29) is 46.5 Å². The molecule has 3 rings (SSSR count). The van der Waals surface area contributed by atoms with Crippen LogP contribution in [0.3, 0.4) is 0 Å². The Balaban J connectivity index is 1.95. The third-order valence-electron chi connectivity index (χ3n) is 6.90. The van der Waals surface area contributed by atoms with E-state index in [0.717, 1.165) is 19.3 Å². The number of benzene rings is 2. The highest BCUT2D eigenvalue weighted by Crippen LogP contribution is 2.36. The standard InChI is InChI=1S/C28H31BrCl2F3N3O4/c1-2-9-35-27(41)24(39)21(12-15-5-3-6-15)37-26(40)22(13-16-10-19(30)23(38)20(31)11-16)36-25(28(32,33)34)17-7-4-8-18(29)14-17/h4,7-8,10-11,14-15,21-22,25,36,38H,2-3,5-6,9,12-13H2,1H3,(H,35,41)(H,37,40)/t21-,22-,25-/m0/s1. The van der Waals surface area contributed by atoms with E-state index in [9.17, 15) is 32.7 Å². The quantitative estimate of drug-likeness (QED) is 0.193. The first kappa shape index (κ1) is 33.2. The van der Waals surface area contributed by atoms with Gasteiger partial charge in [-0.2, -0.15) is 13.2 Å². The lowest BCUT2D eigenvalue weighted by Crippen LogP contribution is -2.55. The monoisotopic (exact) mass is 679 g/mol. The van der Waals surface area contributed by atoms with Gasteiger partial charge in [0.2, 0.25) is 11.7 Å². The summed E-state index contributed by atoms with van der Waals surface area (Å²) in [6.45, 7) is 2.08. The van der Waals surface area contributed by atoms with Crippen LogP contribution in [0, 0.1) is 5.92 Å². The van der Waals surface area contributed by atoms with Crippen LogP contribution in [0.4, 0.5) is 13.2 Å². The number of hydrogen-bond acceptors (Lipinski definition) is 5. The second kappa shape index (κ2) is 14.7. The molecule has 0 aromatic heterocycles. The van der Waals surface area contributed by atoms with Crippen molar-refractivity contribution in [2.45, 2.75) is 69.8 Å². The number of rotatable bonds is 13. The number of ketones is 1. The molecule has 3 atom stereocenters. The van der Waals surface area contributed by atoms with Crippen molar-refractivity contribution in [2.24, 2.45) is 5.92 Å². The maximum Gasteiger partial charge on any atom is 0.407 e. The summed E-state index contributed by atoms with van der Waals surface area (Å²) < 4.78 is 43.4. The number of carbonyl (C=O) groups excluding carboxylic acids is 3. The number of amides is 2. The molecule has 13 heteroatoms. The number of Topliss-reactive ketones (excluding diaryl/α,β-unsaturated/α-hetero) is 1. The van der Waals surface area contributed by atoms with Crippen LogP contribution < -0.4 is 16.0 Å². The van der Waals surface area contributed by atoms with Gasteiger partial charge in [0.15, 0.2) is 5.75 Å². The Morgan fingerprint density at radius 2 is 1.76 bits per heavy atom. The van der Waals surface area contributed by atoms with Gasteiger partial charge in [-0.15, -0.1) is 0 Å². The smallest absolute Gasteiger partial charge is 0.407 e. The number of hydrogen-bond donors (Lipinski definition) is 4. The van der Waals surface area contributed by atoms with Gasteiger partial charge in [-0.05, 0) is 60.6 Å². The van der Waals surface area contributed by atoms with Crippen LogP contribution in [0.5, 0.6) is 5.75 Å². The first-order valence-corrected chi connectivity index (χ1v) is 14.7. The van der Waals surface area contributed by atoms with Crippen molar-refractivity contribution in [1.29, 1.82) is 0 Å². The van der Waals surface area contributed by atoms with Crippen LogP contribution >= 0.6 is 39.1 Å². The summed E-state index contributed by atoms with van der Waals surface area (Å²) in [5, 5.41) is 17.1. The third-order valence-corrected chi connectivity index (χ3v) is 7.97. The van der Waals surface area contributed by atoms with Gasteiger partial charge < -0.3 is 15.7 Å². The molecule has 0 spiro atoms. The number of phenols is 1. The lowest BCUT2D eigenvalue weighted by atomic mass is 9.80. The Hall–Kier alpha value is -2.34. The molecule has 2 amide bonds. The Bertz CT molecular complexity index is 1240. The Kier molecular flexibility index (Phi) is 11.9. The molecular formula is C28H31BrCl2F3N3O4. The second-order valence-electron chi connectivity index (χ2n) is 10.1. The average Bonchev–Trinajstić information content (AvgIpc) is 2.88. The van der Waals surface area contributed by atoms with Crippen LogP contribution in [0.2, 0.25) is 10.0 Å². The summed E-state index contributed by atoms with van der Waals surface area (Å²) in [4.78, 5) is 39.1. The topological polar surface area (TPSA) is 108 Å². The number of halogens is 6. The molecule has 41 heavy (non-hydrogen) atoms. The first-order chi connectivity index (χ1) is 19.3. The normalized spacial score (nSPS) is 15.9. The highest BCUT2D eigenvalue weighted by atomic mass is 79.9. The van der Waals surface area contributed by atoms with Gasteiger partial charge in [-0.25, -0.2) is 0 Å². The summed E-state index contributed by atoms with van der Waals surface area (Å²) in [5.74, 6) is -2.92. The van der Waals surface area contributed by atoms with Crippen LogP contribution in [-0.4, -0.2) is 47.5 Å². The van der Waals surface area contributed by atoms with E-state index in [0.29, 0.717) is 10.9 Å². The molecule has 1 aliphatic rings. The number of carbonyl (C=O) groups is 3. The maximum atomic E-state index is 14.3. The molecular weight excluding hydrogens is 650 g/mol. The van der Waals surface area contributed by atoms with E-state index < -0.39 is 47.6 Å². The van der Waals surface area contributed by atoms with Crippen LogP contribution in [-0.2, 0) is 20.8 Å². The first-order valence-electron chi connectivity index (χ1n) is 13.2. The van der Waals surface area contributed by atoms with Crippen LogP contribution in [0.25, 0.3) is 0 Å². The Morgan fingerprint density at radius 1 is 1.10 bits per heavy atom. The fraction of sp³-hybridized carbons (Fsp3) is 0.464. The zero-order valence-electron chi connectivity index (χ0n) is 22.2. The van der Waals surface area contributed by atoms with E-state index in [4.69, 9.17) is 23.2 Å². The predicted octanol–water partition coefficient (Wildman–Crippen LogP) is 6.04. The lowest BCUT2D eigenvalue weighted by Gasteiger charge is -2.31. The lowest BCUT2D eigenvalue weighted by molar-refractivity contribution is -0.161. The van der Waals surface area contributed by atoms with Gasteiger partial charge in [0.1, 0.15) is 6.04 Å². The molecule has 4 N–H and O–H groups in total. The number of aromatic hydroxyl groups is 1. The molecule has 0 radical (unpaired) electrons. The van der Waals surface area contributed by atoms with Crippen molar-refractivity contribution in [3.05, 3.63) is 62.0 Å². The van der Waals surface area contributed by atoms with Crippen LogP contribution in [0.1, 0.15) is 56.2 Å². The minimum Gasteiger partial charge on any atom is -0.505 e.